The van der Waals surface area contributed by atoms with Gasteiger partial charge in [0.25, 0.3) is 5.91 Å². The first-order valence-electron chi connectivity index (χ1n) is 7.59. The van der Waals surface area contributed by atoms with Crippen molar-refractivity contribution in [2.75, 3.05) is 5.32 Å². The fraction of sp³-hybridized carbons (Fsp3) is 0.222. The Balaban J connectivity index is 1.75. The molecule has 2 heterocycles. The molecule has 0 aliphatic carbocycles. The van der Waals surface area contributed by atoms with E-state index in [1.54, 1.807) is 17.7 Å². The first-order valence-corrected chi connectivity index (χ1v) is 8.38. The van der Waals surface area contributed by atoms with Gasteiger partial charge in [0.05, 0.1) is 16.6 Å². The molecule has 0 aliphatic heterocycles. The fourth-order valence-electron chi connectivity index (χ4n) is 2.47. The molecular weight excluding hydrogens is 370 g/mol. The Morgan fingerprint density at radius 3 is 2.58 bits per heavy atom. The lowest BCUT2D eigenvalue weighted by Gasteiger charge is -2.03. The number of halogens is 1. The summed E-state index contributed by atoms with van der Waals surface area (Å²) in [5.74, 6) is 1.57. The van der Waals surface area contributed by atoms with Crippen LogP contribution in [0, 0.1) is 20.8 Å². The number of hydrogen-bond donors (Lipinski definition) is 1. The van der Waals surface area contributed by atoms with Gasteiger partial charge in [-0.1, -0.05) is 29.8 Å². The van der Waals surface area contributed by atoms with Crippen LogP contribution in [0.15, 0.2) is 45.4 Å². The molecule has 0 aliphatic rings. The quantitative estimate of drug-likeness (QED) is 0.718. The number of rotatable bonds is 4. The van der Waals surface area contributed by atoms with E-state index in [1.807, 2.05) is 13.1 Å². The van der Waals surface area contributed by atoms with Crippen LogP contribution in [0.1, 0.15) is 33.0 Å². The van der Waals surface area contributed by atoms with Crippen LogP contribution in [0.5, 0.6) is 0 Å². The number of nitrogens with zero attached hydrogens (tertiary/aromatic N) is 2. The maximum absolute atomic E-state index is 12.4. The van der Waals surface area contributed by atoms with Crippen molar-refractivity contribution < 1.29 is 9.21 Å². The van der Waals surface area contributed by atoms with Gasteiger partial charge in [-0.2, -0.15) is 5.10 Å². The number of aromatic nitrogens is 2. The van der Waals surface area contributed by atoms with Crippen molar-refractivity contribution in [3.63, 3.8) is 0 Å². The lowest BCUT2D eigenvalue weighted by molar-refractivity contribution is 0.102. The van der Waals surface area contributed by atoms with Crippen LogP contribution in [0.2, 0.25) is 0 Å². The minimum absolute atomic E-state index is 0.231. The van der Waals surface area contributed by atoms with E-state index in [1.165, 1.54) is 5.56 Å². The number of aryl methyl sites for hydroxylation is 3. The molecule has 3 rings (SSSR count). The molecule has 0 spiro atoms. The molecule has 3 aromatic rings. The summed E-state index contributed by atoms with van der Waals surface area (Å²) in [5, 5.41) is 7.25. The number of benzene rings is 1. The summed E-state index contributed by atoms with van der Waals surface area (Å²) in [6.45, 7) is 6.28. The number of hydrogen-bond acceptors (Lipinski definition) is 3. The minimum Gasteiger partial charge on any atom is -0.466 e. The maximum atomic E-state index is 12.4. The van der Waals surface area contributed by atoms with Gasteiger partial charge in [-0.3, -0.25) is 9.48 Å². The van der Waals surface area contributed by atoms with Crippen LogP contribution in [-0.4, -0.2) is 15.7 Å². The first kappa shape index (κ1) is 16.5. The Labute approximate surface area is 148 Å². The zero-order valence-electron chi connectivity index (χ0n) is 13.8. The predicted octanol–water partition coefficient (Wildman–Crippen LogP) is 4.46. The number of carbonyl (C=O) groups excluding carboxylic acids is 1. The highest BCUT2D eigenvalue weighted by Gasteiger charge is 2.16. The van der Waals surface area contributed by atoms with E-state index in [9.17, 15) is 4.79 Å². The van der Waals surface area contributed by atoms with Crippen molar-refractivity contribution >= 4 is 27.7 Å². The summed E-state index contributed by atoms with van der Waals surface area (Å²) in [6, 6.07) is 10.0. The third kappa shape index (κ3) is 3.59. The standard InChI is InChI=1S/C18H18BrN3O2/c1-11-4-6-14(7-5-11)9-22-10-16(19)17(21-22)20-18(23)15-8-12(2)24-13(15)3/h4-8,10H,9H2,1-3H3,(H,20,21,23). The molecule has 0 atom stereocenters. The molecule has 2 aromatic heterocycles. The smallest absolute Gasteiger partial charge is 0.260 e. The summed E-state index contributed by atoms with van der Waals surface area (Å²) in [7, 11) is 0. The largest absolute Gasteiger partial charge is 0.466 e. The van der Waals surface area contributed by atoms with E-state index in [0.717, 1.165) is 10.0 Å². The number of amides is 1. The second kappa shape index (κ2) is 6.65. The van der Waals surface area contributed by atoms with Gasteiger partial charge in [-0.25, -0.2) is 0 Å². The van der Waals surface area contributed by atoms with Gasteiger partial charge < -0.3 is 9.73 Å². The molecule has 0 fully saturated rings. The van der Waals surface area contributed by atoms with E-state index >= 15 is 0 Å². The molecule has 0 radical (unpaired) electrons. The molecule has 24 heavy (non-hydrogen) atoms. The zero-order valence-corrected chi connectivity index (χ0v) is 15.3. The fourth-order valence-corrected chi connectivity index (χ4v) is 2.89. The Morgan fingerprint density at radius 2 is 1.96 bits per heavy atom. The summed E-state index contributed by atoms with van der Waals surface area (Å²) >= 11 is 3.45. The van der Waals surface area contributed by atoms with Crippen molar-refractivity contribution in [2.45, 2.75) is 27.3 Å². The topological polar surface area (TPSA) is 60.1 Å². The average molecular weight is 388 g/mol. The second-order valence-corrected chi connectivity index (χ2v) is 6.64. The molecule has 0 saturated heterocycles. The van der Waals surface area contributed by atoms with Crippen molar-refractivity contribution in [1.29, 1.82) is 0 Å². The van der Waals surface area contributed by atoms with Gasteiger partial charge in [0, 0.05) is 6.20 Å². The normalized spacial score (nSPS) is 10.8. The van der Waals surface area contributed by atoms with Crippen LogP contribution in [0.4, 0.5) is 5.82 Å². The molecule has 0 bridgehead atoms. The molecule has 1 amide bonds. The number of anilines is 1. The molecular formula is C18H18BrN3O2. The lowest BCUT2D eigenvalue weighted by Crippen LogP contribution is -2.13. The van der Waals surface area contributed by atoms with Gasteiger partial charge in [0.15, 0.2) is 5.82 Å². The summed E-state index contributed by atoms with van der Waals surface area (Å²) in [4.78, 5) is 12.4. The van der Waals surface area contributed by atoms with Crippen LogP contribution in [0.3, 0.4) is 0 Å². The Hall–Kier alpha value is -2.34. The highest BCUT2D eigenvalue weighted by atomic mass is 79.9. The van der Waals surface area contributed by atoms with E-state index in [2.05, 4.69) is 57.5 Å². The first-order chi connectivity index (χ1) is 11.4. The summed E-state index contributed by atoms with van der Waals surface area (Å²) < 4.78 is 7.93. The van der Waals surface area contributed by atoms with Crippen molar-refractivity contribution in [3.8, 4) is 0 Å². The van der Waals surface area contributed by atoms with Crippen LogP contribution in [0.25, 0.3) is 0 Å². The average Bonchev–Trinajstić information content (AvgIpc) is 3.04. The summed E-state index contributed by atoms with van der Waals surface area (Å²) in [6.07, 6.45) is 1.85. The van der Waals surface area contributed by atoms with Crippen molar-refractivity contribution in [1.82, 2.24) is 9.78 Å². The second-order valence-electron chi connectivity index (χ2n) is 5.79. The molecule has 5 nitrogen and oxygen atoms in total. The van der Waals surface area contributed by atoms with E-state index in [0.29, 0.717) is 29.4 Å². The van der Waals surface area contributed by atoms with Gasteiger partial charge in [-0.15, -0.1) is 0 Å². The molecule has 1 aromatic carbocycles. The van der Waals surface area contributed by atoms with Gasteiger partial charge in [0.1, 0.15) is 11.5 Å². The third-order valence-electron chi connectivity index (χ3n) is 3.70. The third-order valence-corrected chi connectivity index (χ3v) is 4.28. The number of furan rings is 1. The number of carbonyl (C=O) groups is 1. The molecule has 1 N–H and O–H groups in total. The maximum Gasteiger partial charge on any atom is 0.260 e. The van der Waals surface area contributed by atoms with Crippen molar-refractivity contribution in [2.24, 2.45) is 0 Å². The van der Waals surface area contributed by atoms with Crippen molar-refractivity contribution in [3.05, 3.63) is 69.2 Å². The molecule has 6 heteroatoms. The van der Waals surface area contributed by atoms with E-state index in [-0.39, 0.29) is 5.91 Å². The van der Waals surface area contributed by atoms with Crippen LogP contribution < -0.4 is 5.32 Å². The monoisotopic (exact) mass is 387 g/mol. The van der Waals surface area contributed by atoms with E-state index < -0.39 is 0 Å². The zero-order chi connectivity index (χ0) is 17.3. The Bertz CT molecular complexity index is 878. The highest BCUT2D eigenvalue weighted by molar-refractivity contribution is 9.10. The number of nitrogens with one attached hydrogen (secondary N) is 1. The van der Waals surface area contributed by atoms with E-state index in [4.69, 9.17) is 4.42 Å². The Morgan fingerprint density at radius 1 is 1.25 bits per heavy atom. The predicted molar refractivity (Wildman–Crippen MR) is 96.3 cm³/mol. The lowest BCUT2D eigenvalue weighted by atomic mass is 10.1. The summed E-state index contributed by atoms with van der Waals surface area (Å²) in [5.41, 5.74) is 2.89. The Kier molecular flexibility index (Phi) is 4.57. The SMILES string of the molecule is Cc1ccc(Cn2cc(Br)c(NC(=O)c3cc(C)oc3C)n2)cc1. The van der Waals surface area contributed by atoms with Crippen LogP contribution >= 0.6 is 15.9 Å². The molecule has 0 unspecified atom stereocenters. The molecule has 0 saturated carbocycles. The van der Waals surface area contributed by atoms with Gasteiger partial charge in [-0.05, 0) is 48.3 Å². The highest BCUT2D eigenvalue weighted by Crippen LogP contribution is 2.23. The molecule has 124 valence electrons. The van der Waals surface area contributed by atoms with Crippen LogP contribution in [-0.2, 0) is 6.54 Å². The van der Waals surface area contributed by atoms with Gasteiger partial charge in [0.2, 0.25) is 0 Å². The van der Waals surface area contributed by atoms with Gasteiger partial charge >= 0.3 is 0 Å². The minimum atomic E-state index is -0.231.